The Hall–Kier alpha value is -2.16. The van der Waals surface area contributed by atoms with E-state index in [-0.39, 0.29) is 5.69 Å². The van der Waals surface area contributed by atoms with Crippen molar-refractivity contribution < 1.29 is 9.90 Å². The molecule has 1 heterocycles. The first-order valence-electron chi connectivity index (χ1n) is 4.70. The number of carboxylic acids is 1. The third kappa shape index (κ3) is 2.92. The number of aliphatic carboxylic acids is 1. The smallest absolute Gasteiger partial charge is 0.308 e. The van der Waals surface area contributed by atoms with E-state index in [9.17, 15) is 4.79 Å². The van der Waals surface area contributed by atoms with Gasteiger partial charge < -0.3 is 10.0 Å². The van der Waals surface area contributed by atoms with Crippen molar-refractivity contribution in [1.29, 1.82) is 5.26 Å². The van der Waals surface area contributed by atoms with Crippen molar-refractivity contribution in [2.45, 2.75) is 6.92 Å². The van der Waals surface area contributed by atoms with Crippen LogP contribution in [0.1, 0.15) is 12.6 Å². The van der Waals surface area contributed by atoms with Crippen molar-refractivity contribution in [2.75, 3.05) is 18.5 Å². The second-order valence-electron chi connectivity index (χ2n) is 3.49. The predicted molar refractivity (Wildman–Crippen MR) is 56.8 cm³/mol. The molecule has 16 heavy (non-hydrogen) atoms. The quantitative estimate of drug-likeness (QED) is 0.794. The summed E-state index contributed by atoms with van der Waals surface area (Å²) in [5.74, 6) is -0.789. The van der Waals surface area contributed by atoms with E-state index in [0.717, 1.165) is 0 Å². The monoisotopic (exact) mass is 220 g/mol. The molecular formula is C10H12N4O2. The second-order valence-corrected chi connectivity index (χ2v) is 3.49. The predicted octanol–water partition coefficient (Wildman–Crippen LogP) is 0.505. The third-order valence-corrected chi connectivity index (χ3v) is 2.11. The zero-order chi connectivity index (χ0) is 12.1. The molecule has 6 heteroatoms. The van der Waals surface area contributed by atoms with Crippen LogP contribution in [0.4, 0.5) is 5.82 Å². The fourth-order valence-corrected chi connectivity index (χ4v) is 1.16. The highest BCUT2D eigenvalue weighted by Crippen LogP contribution is 2.09. The molecule has 1 atom stereocenters. The number of hydrogen-bond acceptors (Lipinski definition) is 5. The standard InChI is InChI=1S/C10H12N4O2/c1-7(10(15)16)6-14(2)9-5-12-8(3-11)4-13-9/h4-5,7H,6H2,1-2H3,(H,15,16). The first-order chi connectivity index (χ1) is 7.54. The number of carbonyl (C=O) groups is 1. The van der Waals surface area contributed by atoms with Crippen LogP contribution in [0.25, 0.3) is 0 Å². The lowest BCUT2D eigenvalue weighted by Gasteiger charge is -2.19. The molecule has 1 aromatic heterocycles. The van der Waals surface area contributed by atoms with Crippen LogP contribution in [-0.2, 0) is 4.79 Å². The normalized spacial score (nSPS) is 11.6. The van der Waals surface area contributed by atoms with Gasteiger partial charge in [-0.3, -0.25) is 4.79 Å². The lowest BCUT2D eigenvalue weighted by molar-refractivity contribution is -0.140. The van der Waals surface area contributed by atoms with Gasteiger partial charge in [0.15, 0.2) is 5.69 Å². The summed E-state index contributed by atoms with van der Waals surface area (Å²) >= 11 is 0. The Morgan fingerprint density at radius 2 is 2.31 bits per heavy atom. The number of aromatic nitrogens is 2. The maximum Gasteiger partial charge on any atom is 0.308 e. The lowest BCUT2D eigenvalue weighted by Crippen LogP contribution is -2.29. The molecule has 0 spiro atoms. The topological polar surface area (TPSA) is 90.1 Å². The molecule has 0 radical (unpaired) electrons. The van der Waals surface area contributed by atoms with Gasteiger partial charge in [0.25, 0.3) is 0 Å². The molecule has 1 rings (SSSR count). The van der Waals surface area contributed by atoms with E-state index in [0.29, 0.717) is 12.4 Å². The Labute approximate surface area is 93.2 Å². The van der Waals surface area contributed by atoms with Crippen LogP contribution >= 0.6 is 0 Å². The number of carboxylic acid groups (broad SMARTS) is 1. The van der Waals surface area contributed by atoms with E-state index in [1.54, 1.807) is 18.9 Å². The summed E-state index contributed by atoms with van der Waals surface area (Å²) in [6.07, 6.45) is 2.81. The van der Waals surface area contributed by atoms with E-state index < -0.39 is 11.9 Å². The molecule has 0 saturated heterocycles. The van der Waals surface area contributed by atoms with Gasteiger partial charge in [0, 0.05) is 13.6 Å². The molecule has 0 amide bonds. The highest BCUT2D eigenvalue weighted by atomic mass is 16.4. The summed E-state index contributed by atoms with van der Waals surface area (Å²) < 4.78 is 0. The molecular weight excluding hydrogens is 208 g/mol. The Morgan fingerprint density at radius 1 is 1.62 bits per heavy atom. The highest BCUT2D eigenvalue weighted by Gasteiger charge is 2.14. The molecule has 1 unspecified atom stereocenters. The fourth-order valence-electron chi connectivity index (χ4n) is 1.16. The van der Waals surface area contributed by atoms with Crippen molar-refractivity contribution >= 4 is 11.8 Å². The molecule has 1 N–H and O–H groups in total. The van der Waals surface area contributed by atoms with E-state index >= 15 is 0 Å². The number of rotatable bonds is 4. The highest BCUT2D eigenvalue weighted by molar-refractivity contribution is 5.70. The average molecular weight is 220 g/mol. The zero-order valence-electron chi connectivity index (χ0n) is 9.08. The van der Waals surface area contributed by atoms with Gasteiger partial charge in [-0.2, -0.15) is 5.26 Å². The maximum atomic E-state index is 10.7. The van der Waals surface area contributed by atoms with Crippen molar-refractivity contribution in [3.8, 4) is 6.07 Å². The summed E-state index contributed by atoms with van der Waals surface area (Å²) in [5, 5.41) is 17.3. The van der Waals surface area contributed by atoms with Crippen LogP contribution in [0, 0.1) is 17.2 Å². The van der Waals surface area contributed by atoms with Crippen LogP contribution < -0.4 is 4.90 Å². The van der Waals surface area contributed by atoms with Gasteiger partial charge in [-0.05, 0) is 0 Å². The fraction of sp³-hybridized carbons (Fsp3) is 0.400. The Bertz CT molecular complexity index is 410. The van der Waals surface area contributed by atoms with Gasteiger partial charge in [0.1, 0.15) is 11.9 Å². The largest absolute Gasteiger partial charge is 0.481 e. The molecule has 1 aromatic rings. The van der Waals surface area contributed by atoms with Crippen LogP contribution in [-0.4, -0.2) is 34.6 Å². The molecule has 0 bridgehead atoms. The van der Waals surface area contributed by atoms with Crippen molar-refractivity contribution in [3.63, 3.8) is 0 Å². The minimum Gasteiger partial charge on any atom is -0.481 e. The van der Waals surface area contributed by atoms with Gasteiger partial charge in [-0.25, -0.2) is 9.97 Å². The van der Waals surface area contributed by atoms with Crippen LogP contribution in [0.2, 0.25) is 0 Å². The molecule has 0 aromatic carbocycles. The molecule has 0 aliphatic heterocycles. The minimum atomic E-state index is -0.853. The molecule has 84 valence electrons. The van der Waals surface area contributed by atoms with Gasteiger partial charge >= 0.3 is 5.97 Å². The Kier molecular flexibility index (Phi) is 3.78. The second kappa shape index (κ2) is 5.07. The first kappa shape index (κ1) is 11.9. The number of hydrogen-bond donors (Lipinski definition) is 1. The maximum absolute atomic E-state index is 10.7. The van der Waals surface area contributed by atoms with E-state index in [1.165, 1.54) is 12.4 Å². The van der Waals surface area contributed by atoms with E-state index in [2.05, 4.69) is 9.97 Å². The molecule has 6 nitrogen and oxygen atoms in total. The van der Waals surface area contributed by atoms with E-state index in [1.807, 2.05) is 6.07 Å². The Balaban J connectivity index is 2.70. The summed E-state index contributed by atoms with van der Waals surface area (Å²) in [4.78, 5) is 20.2. The first-order valence-corrected chi connectivity index (χ1v) is 4.70. The third-order valence-electron chi connectivity index (χ3n) is 2.11. The summed E-state index contributed by atoms with van der Waals surface area (Å²) in [7, 11) is 1.73. The van der Waals surface area contributed by atoms with Crippen LogP contribution in [0.5, 0.6) is 0 Å². The van der Waals surface area contributed by atoms with Gasteiger partial charge in [0.05, 0.1) is 18.3 Å². The average Bonchev–Trinajstić information content (AvgIpc) is 2.28. The Morgan fingerprint density at radius 3 is 2.75 bits per heavy atom. The summed E-state index contributed by atoms with van der Waals surface area (Å²) in [5.41, 5.74) is 0.239. The van der Waals surface area contributed by atoms with E-state index in [4.69, 9.17) is 10.4 Å². The van der Waals surface area contributed by atoms with Gasteiger partial charge in [0.2, 0.25) is 0 Å². The lowest BCUT2D eigenvalue weighted by atomic mass is 10.2. The molecule has 0 aliphatic rings. The molecule has 0 aliphatic carbocycles. The minimum absolute atomic E-state index is 0.239. The number of anilines is 1. The van der Waals surface area contributed by atoms with Crippen molar-refractivity contribution in [1.82, 2.24) is 9.97 Å². The molecule has 0 saturated carbocycles. The van der Waals surface area contributed by atoms with Crippen molar-refractivity contribution in [2.24, 2.45) is 5.92 Å². The van der Waals surface area contributed by atoms with Crippen LogP contribution in [0.15, 0.2) is 12.4 Å². The van der Waals surface area contributed by atoms with Crippen LogP contribution in [0.3, 0.4) is 0 Å². The number of nitrogens with zero attached hydrogens (tertiary/aromatic N) is 4. The summed E-state index contributed by atoms with van der Waals surface area (Å²) in [6, 6.07) is 1.87. The van der Waals surface area contributed by atoms with Gasteiger partial charge in [-0.1, -0.05) is 6.92 Å². The van der Waals surface area contributed by atoms with Crippen molar-refractivity contribution in [3.05, 3.63) is 18.1 Å². The molecule has 0 fully saturated rings. The van der Waals surface area contributed by atoms with Gasteiger partial charge in [-0.15, -0.1) is 0 Å². The number of nitriles is 1. The zero-order valence-corrected chi connectivity index (χ0v) is 9.08. The SMILES string of the molecule is CC(CN(C)c1cnc(C#N)cn1)C(=O)O. The summed E-state index contributed by atoms with van der Waals surface area (Å²) in [6.45, 7) is 1.96.